The Kier molecular flexibility index (Phi) is 4.58. The topological polar surface area (TPSA) is 79.8 Å². The summed E-state index contributed by atoms with van der Waals surface area (Å²) in [6.07, 6.45) is 9.58. The standard InChI is InChI=1S/C16H19N5O/c22-15(20-13-3-1-2-4-13)14-7-10-18-16(21-14)19-11-12-5-8-17-9-6-12/h5-10,13H,1-4,11H2,(H,20,22)(H,18,19,21). The summed E-state index contributed by atoms with van der Waals surface area (Å²) in [6, 6.07) is 5.77. The lowest BCUT2D eigenvalue weighted by Crippen LogP contribution is -2.33. The highest BCUT2D eigenvalue weighted by Crippen LogP contribution is 2.18. The number of nitrogens with one attached hydrogen (secondary N) is 2. The number of nitrogens with zero attached hydrogens (tertiary/aromatic N) is 3. The molecule has 1 amide bonds. The van der Waals surface area contributed by atoms with Crippen molar-refractivity contribution < 1.29 is 4.79 Å². The van der Waals surface area contributed by atoms with Crippen LogP contribution in [0.1, 0.15) is 41.7 Å². The molecule has 1 fully saturated rings. The first-order valence-electron chi connectivity index (χ1n) is 7.58. The van der Waals surface area contributed by atoms with Crippen LogP contribution in [-0.2, 0) is 6.54 Å². The fourth-order valence-corrected chi connectivity index (χ4v) is 2.58. The minimum atomic E-state index is -0.124. The van der Waals surface area contributed by atoms with Gasteiger partial charge >= 0.3 is 0 Å². The molecule has 3 rings (SSSR count). The maximum Gasteiger partial charge on any atom is 0.270 e. The molecule has 6 heteroatoms. The normalized spacial score (nSPS) is 14.7. The van der Waals surface area contributed by atoms with Gasteiger partial charge in [-0.15, -0.1) is 0 Å². The van der Waals surface area contributed by atoms with Crippen LogP contribution in [0.5, 0.6) is 0 Å². The minimum absolute atomic E-state index is 0.124. The molecular weight excluding hydrogens is 278 g/mol. The van der Waals surface area contributed by atoms with Crippen LogP contribution in [0.3, 0.4) is 0 Å². The average Bonchev–Trinajstić information content (AvgIpc) is 3.07. The second-order valence-electron chi connectivity index (χ2n) is 5.43. The van der Waals surface area contributed by atoms with Gasteiger partial charge in [0, 0.05) is 31.2 Å². The van der Waals surface area contributed by atoms with Gasteiger partial charge in [-0.3, -0.25) is 9.78 Å². The zero-order valence-electron chi connectivity index (χ0n) is 12.3. The number of aromatic nitrogens is 3. The summed E-state index contributed by atoms with van der Waals surface area (Å²) in [7, 11) is 0. The predicted molar refractivity (Wildman–Crippen MR) is 83.3 cm³/mol. The van der Waals surface area contributed by atoms with E-state index in [0.717, 1.165) is 18.4 Å². The van der Waals surface area contributed by atoms with Crippen LogP contribution in [0.15, 0.2) is 36.8 Å². The Morgan fingerprint density at radius 3 is 2.68 bits per heavy atom. The molecule has 1 aliphatic carbocycles. The van der Waals surface area contributed by atoms with Crippen LogP contribution in [0.4, 0.5) is 5.95 Å². The summed E-state index contributed by atoms with van der Waals surface area (Å²) in [5.41, 5.74) is 1.48. The predicted octanol–water partition coefficient (Wildman–Crippen LogP) is 2.16. The van der Waals surface area contributed by atoms with Gasteiger partial charge in [-0.05, 0) is 36.6 Å². The molecule has 2 aromatic rings. The molecule has 22 heavy (non-hydrogen) atoms. The van der Waals surface area contributed by atoms with E-state index in [0.29, 0.717) is 18.2 Å². The Morgan fingerprint density at radius 1 is 1.14 bits per heavy atom. The van der Waals surface area contributed by atoms with Crippen molar-refractivity contribution in [3.63, 3.8) is 0 Å². The zero-order chi connectivity index (χ0) is 15.2. The Bertz CT molecular complexity index is 625. The molecular formula is C16H19N5O. The first-order valence-corrected chi connectivity index (χ1v) is 7.58. The van der Waals surface area contributed by atoms with Crippen molar-refractivity contribution in [1.82, 2.24) is 20.3 Å². The molecule has 2 N–H and O–H groups in total. The molecule has 2 heterocycles. The first-order chi connectivity index (χ1) is 10.8. The molecule has 0 bridgehead atoms. The number of carbonyl (C=O) groups excluding carboxylic acids is 1. The van der Waals surface area contributed by atoms with Crippen molar-refractivity contribution in [3.8, 4) is 0 Å². The number of rotatable bonds is 5. The van der Waals surface area contributed by atoms with Crippen LogP contribution in [0, 0.1) is 0 Å². The second-order valence-corrected chi connectivity index (χ2v) is 5.43. The van der Waals surface area contributed by atoms with Crippen molar-refractivity contribution in [3.05, 3.63) is 48.0 Å². The van der Waals surface area contributed by atoms with E-state index in [9.17, 15) is 4.79 Å². The highest BCUT2D eigenvalue weighted by atomic mass is 16.1. The highest BCUT2D eigenvalue weighted by Gasteiger charge is 2.18. The van der Waals surface area contributed by atoms with E-state index in [4.69, 9.17) is 0 Å². The van der Waals surface area contributed by atoms with E-state index in [-0.39, 0.29) is 11.9 Å². The third-order valence-corrected chi connectivity index (χ3v) is 3.78. The van der Waals surface area contributed by atoms with Crippen molar-refractivity contribution in [2.75, 3.05) is 5.32 Å². The molecule has 0 aliphatic heterocycles. The summed E-state index contributed by atoms with van der Waals surface area (Å²) in [5, 5.41) is 6.15. The summed E-state index contributed by atoms with van der Waals surface area (Å²) in [6.45, 7) is 0.593. The molecule has 1 saturated carbocycles. The van der Waals surface area contributed by atoms with E-state index in [1.165, 1.54) is 12.8 Å². The molecule has 0 radical (unpaired) electrons. The van der Waals surface area contributed by atoms with Gasteiger partial charge in [0.15, 0.2) is 0 Å². The Balaban J connectivity index is 1.60. The number of carbonyl (C=O) groups is 1. The van der Waals surface area contributed by atoms with Crippen molar-refractivity contribution in [2.45, 2.75) is 38.3 Å². The summed E-state index contributed by atoms with van der Waals surface area (Å²) < 4.78 is 0. The molecule has 0 unspecified atom stereocenters. The molecule has 1 aliphatic rings. The lowest BCUT2D eigenvalue weighted by atomic mass is 10.2. The van der Waals surface area contributed by atoms with Gasteiger partial charge in [-0.2, -0.15) is 0 Å². The van der Waals surface area contributed by atoms with E-state index in [2.05, 4.69) is 25.6 Å². The quantitative estimate of drug-likeness (QED) is 0.884. The molecule has 114 valence electrons. The van der Waals surface area contributed by atoms with E-state index in [1.54, 1.807) is 24.7 Å². The van der Waals surface area contributed by atoms with Crippen LogP contribution in [0.2, 0.25) is 0 Å². The number of pyridine rings is 1. The fraction of sp³-hybridized carbons (Fsp3) is 0.375. The van der Waals surface area contributed by atoms with Gasteiger partial charge in [0.05, 0.1) is 0 Å². The molecule has 6 nitrogen and oxygen atoms in total. The van der Waals surface area contributed by atoms with Crippen molar-refractivity contribution >= 4 is 11.9 Å². The van der Waals surface area contributed by atoms with Gasteiger partial charge in [-0.1, -0.05) is 12.8 Å². The summed E-state index contributed by atoms with van der Waals surface area (Å²) in [5.74, 6) is 0.331. The SMILES string of the molecule is O=C(NC1CCCC1)c1ccnc(NCc2ccncc2)n1. The van der Waals surface area contributed by atoms with E-state index < -0.39 is 0 Å². The Hall–Kier alpha value is -2.50. The third kappa shape index (κ3) is 3.78. The van der Waals surface area contributed by atoms with Crippen LogP contribution >= 0.6 is 0 Å². The van der Waals surface area contributed by atoms with E-state index in [1.807, 2.05) is 12.1 Å². The van der Waals surface area contributed by atoms with Gasteiger partial charge in [0.1, 0.15) is 5.69 Å². The molecule has 0 atom stereocenters. The maximum atomic E-state index is 12.2. The fourth-order valence-electron chi connectivity index (χ4n) is 2.58. The third-order valence-electron chi connectivity index (χ3n) is 3.78. The average molecular weight is 297 g/mol. The van der Waals surface area contributed by atoms with Gasteiger partial charge in [-0.25, -0.2) is 9.97 Å². The monoisotopic (exact) mass is 297 g/mol. The first kappa shape index (κ1) is 14.4. The van der Waals surface area contributed by atoms with Crippen molar-refractivity contribution in [2.24, 2.45) is 0 Å². The largest absolute Gasteiger partial charge is 0.350 e. The number of hydrogen-bond acceptors (Lipinski definition) is 5. The molecule has 0 saturated heterocycles. The Labute approximate surface area is 129 Å². The van der Waals surface area contributed by atoms with Gasteiger partial charge in [0.2, 0.25) is 5.95 Å². The molecule has 2 aromatic heterocycles. The summed E-state index contributed by atoms with van der Waals surface area (Å²) >= 11 is 0. The number of amides is 1. The Morgan fingerprint density at radius 2 is 1.91 bits per heavy atom. The zero-order valence-corrected chi connectivity index (χ0v) is 12.3. The van der Waals surface area contributed by atoms with Crippen molar-refractivity contribution in [1.29, 1.82) is 0 Å². The highest BCUT2D eigenvalue weighted by molar-refractivity contribution is 5.92. The second kappa shape index (κ2) is 6.98. The lowest BCUT2D eigenvalue weighted by molar-refractivity contribution is 0.0933. The molecule has 0 spiro atoms. The van der Waals surface area contributed by atoms with Crippen LogP contribution < -0.4 is 10.6 Å². The number of hydrogen-bond donors (Lipinski definition) is 2. The van der Waals surface area contributed by atoms with Gasteiger partial charge < -0.3 is 10.6 Å². The van der Waals surface area contributed by atoms with Crippen LogP contribution in [0.25, 0.3) is 0 Å². The van der Waals surface area contributed by atoms with Crippen LogP contribution in [-0.4, -0.2) is 26.9 Å². The number of anilines is 1. The van der Waals surface area contributed by atoms with E-state index >= 15 is 0 Å². The lowest BCUT2D eigenvalue weighted by Gasteiger charge is -2.12. The smallest absolute Gasteiger partial charge is 0.270 e. The molecule has 0 aromatic carbocycles. The van der Waals surface area contributed by atoms with Gasteiger partial charge in [0.25, 0.3) is 5.91 Å². The summed E-state index contributed by atoms with van der Waals surface area (Å²) in [4.78, 5) is 24.6. The maximum absolute atomic E-state index is 12.2. The minimum Gasteiger partial charge on any atom is -0.350 e.